The van der Waals surface area contributed by atoms with Gasteiger partial charge >= 0.3 is 0 Å². The Morgan fingerprint density at radius 1 is 1.59 bits per heavy atom. The Morgan fingerprint density at radius 3 is 2.94 bits per heavy atom. The number of aliphatic hydroxyl groups excluding tert-OH is 1. The monoisotopic (exact) mass is 229 g/mol. The van der Waals surface area contributed by atoms with Crippen LogP contribution in [0.1, 0.15) is 32.1 Å². The molecular formula is C13H15N3O. The van der Waals surface area contributed by atoms with Crippen LogP contribution >= 0.6 is 0 Å². The lowest BCUT2D eigenvalue weighted by Gasteiger charge is -2.24. The molecule has 0 saturated heterocycles. The topological polar surface area (TPSA) is 61.3 Å². The average molecular weight is 229 g/mol. The first kappa shape index (κ1) is 11.6. The van der Waals surface area contributed by atoms with Crippen molar-refractivity contribution in [2.24, 2.45) is 5.41 Å². The van der Waals surface area contributed by atoms with Gasteiger partial charge in [0.2, 0.25) is 0 Å². The van der Waals surface area contributed by atoms with Crippen molar-refractivity contribution in [1.29, 1.82) is 5.26 Å². The number of hydrogen-bond donors (Lipinski definition) is 1. The number of aromatic nitrogens is 2. The number of fused-ring (bicyclic) bond motifs is 1. The minimum atomic E-state index is -0.864. The van der Waals surface area contributed by atoms with Gasteiger partial charge < -0.3 is 9.51 Å². The molecule has 0 aliphatic rings. The zero-order chi connectivity index (χ0) is 12.5. The number of hydrogen-bond acceptors (Lipinski definition) is 3. The van der Waals surface area contributed by atoms with E-state index in [-0.39, 0.29) is 0 Å². The minimum absolute atomic E-state index is 0.544. The predicted octanol–water partition coefficient (Wildman–Crippen LogP) is 2.31. The molecule has 0 amide bonds. The van der Waals surface area contributed by atoms with Gasteiger partial charge in [-0.05, 0) is 25.5 Å². The third-order valence-electron chi connectivity index (χ3n) is 3.26. The molecule has 4 heteroatoms. The average Bonchev–Trinajstić information content (AvgIpc) is 2.80. The highest BCUT2D eigenvalue weighted by molar-refractivity contribution is 5.40. The maximum atomic E-state index is 10.2. The summed E-state index contributed by atoms with van der Waals surface area (Å²) < 4.78 is 1.84. The van der Waals surface area contributed by atoms with Gasteiger partial charge in [0.15, 0.2) is 0 Å². The van der Waals surface area contributed by atoms with E-state index in [2.05, 4.69) is 11.1 Å². The van der Waals surface area contributed by atoms with E-state index in [1.54, 1.807) is 13.1 Å². The molecule has 2 aromatic heterocycles. The molecule has 4 nitrogen and oxygen atoms in total. The highest BCUT2D eigenvalue weighted by Gasteiger charge is 2.34. The van der Waals surface area contributed by atoms with Crippen LogP contribution in [-0.4, -0.2) is 14.5 Å². The highest BCUT2D eigenvalue weighted by atomic mass is 16.3. The zero-order valence-electron chi connectivity index (χ0n) is 9.96. The third kappa shape index (κ3) is 1.90. The summed E-state index contributed by atoms with van der Waals surface area (Å²) >= 11 is 0. The summed E-state index contributed by atoms with van der Waals surface area (Å²) in [6, 6.07) is 7.83. The third-order valence-corrected chi connectivity index (χ3v) is 3.26. The first-order chi connectivity index (χ1) is 8.10. The van der Waals surface area contributed by atoms with Crippen LogP contribution in [0.2, 0.25) is 0 Å². The maximum Gasteiger partial charge on any atom is 0.137 e. The van der Waals surface area contributed by atoms with Crippen molar-refractivity contribution in [3.05, 3.63) is 36.3 Å². The number of imidazole rings is 1. The Bertz CT molecular complexity index is 536. The lowest BCUT2D eigenvalue weighted by Crippen LogP contribution is -2.23. The van der Waals surface area contributed by atoms with E-state index in [4.69, 9.17) is 5.26 Å². The number of aliphatic hydroxyl groups is 1. The lowest BCUT2D eigenvalue weighted by molar-refractivity contribution is 0.0688. The maximum absolute atomic E-state index is 10.2. The second-order valence-corrected chi connectivity index (χ2v) is 4.42. The van der Waals surface area contributed by atoms with Crippen molar-refractivity contribution in [2.75, 3.05) is 0 Å². The molecule has 0 spiro atoms. The zero-order valence-corrected chi connectivity index (χ0v) is 9.96. The largest absolute Gasteiger partial charge is 0.385 e. The molecule has 17 heavy (non-hydrogen) atoms. The highest BCUT2D eigenvalue weighted by Crippen LogP contribution is 2.35. The smallest absolute Gasteiger partial charge is 0.137 e. The molecular weight excluding hydrogens is 214 g/mol. The molecule has 2 atom stereocenters. The molecule has 2 unspecified atom stereocenters. The van der Waals surface area contributed by atoms with Gasteiger partial charge in [-0.15, -0.1) is 0 Å². The summed E-state index contributed by atoms with van der Waals surface area (Å²) in [7, 11) is 0. The van der Waals surface area contributed by atoms with Crippen molar-refractivity contribution in [2.45, 2.75) is 26.4 Å². The van der Waals surface area contributed by atoms with E-state index in [1.165, 1.54) is 0 Å². The predicted molar refractivity (Wildman–Crippen MR) is 64.2 cm³/mol. The Morgan fingerprint density at radius 2 is 2.35 bits per heavy atom. The van der Waals surface area contributed by atoms with Crippen LogP contribution < -0.4 is 0 Å². The van der Waals surface area contributed by atoms with Crippen LogP contribution in [0.5, 0.6) is 0 Å². The van der Waals surface area contributed by atoms with Gasteiger partial charge in [-0.2, -0.15) is 5.26 Å². The SMILES string of the molecule is CCC(C)(C#N)C(O)c1cn2ccccc2n1. The van der Waals surface area contributed by atoms with Crippen LogP contribution in [0.15, 0.2) is 30.6 Å². The van der Waals surface area contributed by atoms with Crippen LogP contribution in [0.3, 0.4) is 0 Å². The fourth-order valence-electron chi connectivity index (χ4n) is 1.75. The quantitative estimate of drug-likeness (QED) is 0.878. The van der Waals surface area contributed by atoms with Crippen molar-refractivity contribution in [3.63, 3.8) is 0 Å². The van der Waals surface area contributed by atoms with E-state index >= 15 is 0 Å². The van der Waals surface area contributed by atoms with Gasteiger partial charge in [-0.25, -0.2) is 4.98 Å². The summed E-state index contributed by atoms with van der Waals surface area (Å²) in [6.45, 7) is 3.64. The molecule has 2 heterocycles. The molecule has 0 aromatic carbocycles. The van der Waals surface area contributed by atoms with E-state index in [1.807, 2.05) is 35.7 Å². The van der Waals surface area contributed by atoms with Crippen molar-refractivity contribution < 1.29 is 5.11 Å². The van der Waals surface area contributed by atoms with Gasteiger partial charge in [0.25, 0.3) is 0 Å². The second kappa shape index (κ2) is 4.19. The number of rotatable bonds is 3. The van der Waals surface area contributed by atoms with Crippen LogP contribution in [0.4, 0.5) is 0 Å². The summed E-state index contributed by atoms with van der Waals surface area (Å²) in [5.74, 6) is 0. The molecule has 0 bridgehead atoms. The number of nitriles is 1. The Kier molecular flexibility index (Phi) is 2.86. The molecule has 0 aliphatic carbocycles. The molecule has 0 saturated carbocycles. The molecule has 2 aromatic rings. The van der Waals surface area contributed by atoms with Crippen molar-refractivity contribution in [1.82, 2.24) is 9.38 Å². The van der Waals surface area contributed by atoms with Crippen LogP contribution in [0, 0.1) is 16.7 Å². The molecule has 0 radical (unpaired) electrons. The van der Waals surface area contributed by atoms with E-state index in [0.717, 1.165) is 5.65 Å². The van der Waals surface area contributed by atoms with E-state index in [9.17, 15) is 5.11 Å². The van der Waals surface area contributed by atoms with E-state index < -0.39 is 11.5 Å². The van der Waals surface area contributed by atoms with Gasteiger partial charge in [-0.1, -0.05) is 13.0 Å². The summed E-state index contributed by atoms with van der Waals surface area (Å²) in [5.41, 5.74) is 0.526. The fraction of sp³-hybridized carbons (Fsp3) is 0.385. The molecule has 1 N–H and O–H groups in total. The Hall–Kier alpha value is -1.86. The number of nitrogens with zero attached hydrogens (tertiary/aromatic N) is 3. The van der Waals surface area contributed by atoms with Crippen LogP contribution in [-0.2, 0) is 0 Å². The fourth-order valence-corrected chi connectivity index (χ4v) is 1.75. The molecule has 88 valence electrons. The Balaban J connectivity index is 2.44. The van der Waals surface area contributed by atoms with Gasteiger partial charge in [-0.3, -0.25) is 0 Å². The van der Waals surface area contributed by atoms with E-state index in [0.29, 0.717) is 12.1 Å². The number of pyridine rings is 1. The van der Waals surface area contributed by atoms with Gasteiger partial charge in [0, 0.05) is 12.4 Å². The minimum Gasteiger partial charge on any atom is -0.385 e. The van der Waals surface area contributed by atoms with Crippen LogP contribution in [0.25, 0.3) is 5.65 Å². The molecule has 0 fully saturated rings. The summed E-state index contributed by atoms with van der Waals surface area (Å²) in [5, 5.41) is 19.4. The molecule has 2 rings (SSSR count). The lowest BCUT2D eigenvalue weighted by atomic mass is 9.82. The second-order valence-electron chi connectivity index (χ2n) is 4.42. The summed E-state index contributed by atoms with van der Waals surface area (Å²) in [6.07, 6.45) is 3.36. The first-order valence-electron chi connectivity index (χ1n) is 5.63. The van der Waals surface area contributed by atoms with Gasteiger partial charge in [0.1, 0.15) is 11.8 Å². The Labute approximate surface area is 100 Å². The normalized spacial score (nSPS) is 16.4. The summed E-state index contributed by atoms with van der Waals surface area (Å²) in [4.78, 5) is 4.34. The standard InChI is InChI=1S/C13H15N3O/c1-3-13(2,9-14)12(17)10-8-16-7-5-4-6-11(16)15-10/h4-8,12,17H,3H2,1-2H3. The molecule has 0 aliphatic heterocycles. The van der Waals surface area contributed by atoms with Crippen molar-refractivity contribution >= 4 is 5.65 Å². The first-order valence-corrected chi connectivity index (χ1v) is 5.63. The van der Waals surface area contributed by atoms with Gasteiger partial charge in [0.05, 0.1) is 17.2 Å². The van der Waals surface area contributed by atoms with Crippen molar-refractivity contribution in [3.8, 4) is 6.07 Å².